The number of aliphatic hydroxyl groups is 1. The number of fused-ring (bicyclic) bond motifs is 1. The average molecular weight is 465 g/mol. The number of hydrogen-bond acceptors (Lipinski definition) is 9. The van der Waals surface area contributed by atoms with Crippen LogP contribution in [0, 0.1) is 0 Å². The van der Waals surface area contributed by atoms with Crippen molar-refractivity contribution in [3.63, 3.8) is 0 Å². The minimum Gasteiger partial charge on any atom is -0.390 e. The van der Waals surface area contributed by atoms with E-state index >= 15 is 0 Å². The maximum atomic E-state index is 10.2. The highest BCUT2D eigenvalue weighted by Crippen LogP contribution is 2.31. The predicted molar refractivity (Wildman–Crippen MR) is 130 cm³/mol. The summed E-state index contributed by atoms with van der Waals surface area (Å²) in [4.78, 5) is 6.75. The molecule has 1 aliphatic heterocycles. The van der Waals surface area contributed by atoms with Gasteiger partial charge in [0.15, 0.2) is 5.82 Å². The van der Waals surface area contributed by atoms with Crippen LogP contribution in [0.3, 0.4) is 0 Å². The third kappa shape index (κ3) is 4.60. The lowest BCUT2D eigenvalue weighted by atomic mass is 10.0. The molecule has 1 saturated heterocycles. The van der Waals surface area contributed by atoms with E-state index in [0.29, 0.717) is 19.0 Å². The number of likely N-dealkylation sites (tertiary alicyclic amines) is 1. The Morgan fingerprint density at radius 3 is 2.94 bits per heavy atom. The zero-order chi connectivity index (χ0) is 22.9. The largest absolute Gasteiger partial charge is 0.390 e. The molecule has 1 aromatic carbocycles. The number of β-amino-alcohol motifs (C(OH)–C–C–N with tert-alkyl or cyclic N) is 1. The summed E-state index contributed by atoms with van der Waals surface area (Å²) in [6, 6.07) is 10.0. The van der Waals surface area contributed by atoms with Gasteiger partial charge in [-0.2, -0.15) is 5.10 Å². The summed E-state index contributed by atoms with van der Waals surface area (Å²) in [5, 5.41) is 28.6. The van der Waals surface area contributed by atoms with Crippen LogP contribution < -0.4 is 11.1 Å². The molecule has 0 saturated carbocycles. The van der Waals surface area contributed by atoms with Gasteiger partial charge < -0.3 is 16.2 Å². The van der Waals surface area contributed by atoms with Crippen LogP contribution >= 0.6 is 11.3 Å². The Kier molecular flexibility index (Phi) is 6.07. The van der Waals surface area contributed by atoms with Gasteiger partial charge in [-0.1, -0.05) is 37.3 Å². The summed E-state index contributed by atoms with van der Waals surface area (Å²) in [5.74, 6) is 1.09. The number of aliphatic hydroxyl groups excluding tert-OH is 1. The van der Waals surface area contributed by atoms with Gasteiger partial charge >= 0.3 is 0 Å². The van der Waals surface area contributed by atoms with E-state index in [2.05, 4.69) is 56.5 Å². The van der Waals surface area contributed by atoms with Gasteiger partial charge in [0.05, 0.1) is 6.10 Å². The van der Waals surface area contributed by atoms with Crippen molar-refractivity contribution in [1.82, 2.24) is 29.7 Å². The van der Waals surface area contributed by atoms with Gasteiger partial charge in [-0.25, -0.2) is 9.50 Å². The quantitative estimate of drug-likeness (QED) is 0.399. The number of hydrogen-bond donors (Lipinski definition) is 3. The second kappa shape index (κ2) is 9.14. The summed E-state index contributed by atoms with van der Waals surface area (Å²) in [6.07, 6.45) is 3.77. The highest BCUT2D eigenvalue weighted by molar-refractivity contribution is 7.14. The van der Waals surface area contributed by atoms with Crippen molar-refractivity contribution in [2.45, 2.75) is 44.9 Å². The van der Waals surface area contributed by atoms with Gasteiger partial charge in [0.25, 0.3) is 0 Å². The molecule has 10 heteroatoms. The minimum atomic E-state index is -0.499. The predicted octanol–water partition coefficient (Wildman–Crippen LogP) is 3.01. The SMILES string of the molecule is CC(C)c1nnc(-c2cccc(Nc3ncnn4ccc(CN5CC[C@@H](N)[C@H](O)C5)c34)c2)s1. The first kappa shape index (κ1) is 21.9. The molecule has 0 amide bonds. The molecule has 0 aliphatic carbocycles. The van der Waals surface area contributed by atoms with Gasteiger partial charge in [0, 0.05) is 49.0 Å². The van der Waals surface area contributed by atoms with Crippen molar-refractivity contribution in [3.8, 4) is 10.6 Å². The van der Waals surface area contributed by atoms with E-state index < -0.39 is 6.10 Å². The molecule has 5 rings (SSSR count). The lowest BCUT2D eigenvalue weighted by molar-refractivity contribution is 0.0501. The van der Waals surface area contributed by atoms with E-state index in [1.165, 1.54) is 0 Å². The third-order valence-corrected chi connectivity index (χ3v) is 7.23. The Bertz CT molecular complexity index is 1250. The molecule has 4 aromatic rings. The number of aromatic nitrogens is 5. The number of rotatable bonds is 6. The maximum absolute atomic E-state index is 10.2. The number of nitrogens with zero attached hydrogens (tertiary/aromatic N) is 6. The lowest BCUT2D eigenvalue weighted by Gasteiger charge is -2.33. The molecule has 0 bridgehead atoms. The van der Waals surface area contributed by atoms with Crippen LogP contribution in [0.5, 0.6) is 0 Å². The fourth-order valence-electron chi connectivity index (χ4n) is 4.09. The number of piperidine rings is 1. The third-order valence-electron chi connectivity index (χ3n) is 5.96. The van der Waals surface area contributed by atoms with Crippen molar-refractivity contribution in [2.75, 3.05) is 18.4 Å². The first-order valence-corrected chi connectivity index (χ1v) is 12.0. The van der Waals surface area contributed by atoms with Crippen LogP contribution in [0.1, 0.15) is 36.8 Å². The van der Waals surface area contributed by atoms with Gasteiger partial charge in [0.2, 0.25) is 0 Å². The Labute approximate surface area is 196 Å². The first-order valence-electron chi connectivity index (χ1n) is 11.2. The van der Waals surface area contributed by atoms with Crippen molar-refractivity contribution >= 4 is 28.4 Å². The van der Waals surface area contributed by atoms with Crippen molar-refractivity contribution in [3.05, 3.63) is 53.4 Å². The Morgan fingerprint density at radius 1 is 1.27 bits per heavy atom. The van der Waals surface area contributed by atoms with Crippen molar-refractivity contribution in [2.24, 2.45) is 5.73 Å². The van der Waals surface area contributed by atoms with Crippen LogP contribution in [0.15, 0.2) is 42.9 Å². The number of anilines is 2. The Balaban J connectivity index is 1.41. The maximum Gasteiger partial charge on any atom is 0.158 e. The van der Waals surface area contributed by atoms with Crippen LogP contribution in [0.2, 0.25) is 0 Å². The van der Waals surface area contributed by atoms with E-state index in [-0.39, 0.29) is 6.04 Å². The fraction of sp³-hybridized carbons (Fsp3) is 0.391. The molecule has 1 aliphatic rings. The zero-order valence-corrected chi connectivity index (χ0v) is 19.5. The summed E-state index contributed by atoms with van der Waals surface area (Å²) in [6.45, 7) is 6.37. The van der Waals surface area contributed by atoms with E-state index in [9.17, 15) is 5.11 Å². The van der Waals surface area contributed by atoms with Crippen molar-refractivity contribution in [1.29, 1.82) is 0 Å². The fourth-order valence-corrected chi connectivity index (χ4v) is 4.93. The van der Waals surface area contributed by atoms with Crippen LogP contribution in [-0.4, -0.2) is 60.0 Å². The average Bonchev–Trinajstić information content (AvgIpc) is 3.45. The number of nitrogens with two attached hydrogens (primary N) is 1. The summed E-state index contributed by atoms with van der Waals surface area (Å²) in [7, 11) is 0. The molecule has 0 radical (unpaired) electrons. The topological polar surface area (TPSA) is 117 Å². The highest BCUT2D eigenvalue weighted by atomic mass is 32.1. The molecule has 4 N–H and O–H groups in total. The second-order valence-electron chi connectivity index (χ2n) is 8.80. The second-order valence-corrected chi connectivity index (χ2v) is 9.81. The van der Waals surface area contributed by atoms with E-state index in [0.717, 1.165) is 51.1 Å². The normalized spacial score (nSPS) is 19.4. The number of benzene rings is 1. The van der Waals surface area contributed by atoms with Gasteiger partial charge in [-0.3, -0.25) is 4.90 Å². The molecule has 1 fully saturated rings. The highest BCUT2D eigenvalue weighted by Gasteiger charge is 2.25. The molecule has 2 atom stereocenters. The van der Waals surface area contributed by atoms with E-state index in [4.69, 9.17) is 5.73 Å². The molecule has 0 unspecified atom stereocenters. The van der Waals surface area contributed by atoms with Crippen LogP contribution in [0.4, 0.5) is 11.5 Å². The molecule has 9 nitrogen and oxygen atoms in total. The molecule has 4 heterocycles. The van der Waals surface area contributed by atoms with Gasteiger partial charge in [-0.15, -0.1) is 10.2 Å². The van der Waals surface area contributed by atoms with Crippen molar-refractivity contribution < 1.29 is 5.11 Å². The Morgan fingerprint density at radius 2 is 2.15 bits per heavy atom. The summed E-state index contributed by atoms with van der Waals surface area (Å²) in [5.41, 5.74) is 9.92. The van der Waals surface area contributed by atoms with Crippen LogP contribution in [-0.2, 0) is 6.54 Å². The molecule has 3 aromatic heterocycles. The van der Waals surface area contributed by atoms with E-state index in [1.54, 1.807) is 17.7 Å². The molecule has 0 spiro atoms. The smallest absolute Gasteiger partial charge is 0.158 e. The summed E-state index contributed by atoms with van der Waals surface area (Å²) >= 11 is 1.62. The first-order chi connectivity index (χ1) is 16.0. The zero-order valence-electron chi connectivity index (χ0n) is 18.7. The monoisotopic (exact) mass is 464 g/mol. The minimum absolute atomic E-state index is 0.149. The molecule has 33 heavy (non-hydrogen) atoms. The standard InChI is InChI=1S/C23H28N8OS/c1-14(2)22-28-29-23(33-22)15-4-3-5-17(10-15)27-21-20-16(6-9-31(20)26-13-25-21)11-30-8-7-18(24)19(32)12-30/h3-6,9-10,13-14,18-19,32H,7-8,11-12,24H2,1-2H3,(H,25,26,27)/t18-,19-/m1/s1. The van der Waals surface area contributed by atoms with Crippen LogP contribution in [0.25, 0.3) is 16.1 Å². The Hall–Kier alpha value is -2.92. The van der Waals surface area contributed by atoms with Gasteiger partial charge in [0.1, 0.15) is 21.9 Å². The summed E-state index contributed by atoms with van der Waals surface area (Å²) < 4.78 is 1.83. The molecule has 172 valence electrons. The van der Waals surface area contributed by atoms with Gasteiger partial charge in [-0.05, 0) is 30.2 Å². The molecular weight excluding hydrogens is 436 g/mol. The molecular formula is C23H28N8OS. The number of nitrogens with one attached hydrogen (secondary N) is 1. The van der Waals surface area contributed by atoms with E-state index in [1.807, 2.05) is 28.9 Å². The lowest BCUT2D eigenvalue weighted by Crippen LogP contribution is -2.50.